The highest BCUT2D eigenvalue weighted by Gasteiger charge is 2.19. The third-order valence-electron chi connectivity index (χ3n) is 2.43. The summed E-state index contributed by atoms with van der Waals surface area (Å²) in [6.45, 7) is 0. The summed E-state index contributed by atoms with van der Waals surface area (Å²) in [4.78, 5) is 15.9. The number of hydrogen-bond donors (Lipinski definition) is 0. The molecule has 18 heavy (non-hydrogen) atoms. The van der Waals surface area contributed by atoms with E-state index in [9.17, 15) is 13.6 Å². The molecule has 0 unspecified atom stereocenters. The van der Waals surface area contributed by atoms with E-state index >= 15 is 0 Å². The Labute approximate surface area is 107 Å². The second kappa shape index (κ2) is 5.23. The van der Waals surface area contributed by atoms with Gasteiger partial charge in [0.15, 0.2) is 5.78 Å². The minimum atomic E-state index is -2.71. The van der Waals surface area contributed by atoms with Gasteiger partial charge in [-0.25, -0.2) is 8.78 Å². The highest BCUT2D eigenvalue weighted by Crippen LogP contribution is 2.30. The van der Waals surface area contributed by atoms with Crippen LogP contribution in [-0.2, 0) is 0 Å². The van der Waals surface area contributed by atoms with Gasteiger partial charge in [-0.1, -0.05) is 23.7 Å². The molecular weight excluding hydrogens is 260 g/mol. The van der Waals surface area contributed by atoms with Crippen LogP contribution in [0, 0.1) is 0 Å². The van der Waals surface area contributed by atoms with Gasteiger partial charge in [-0.2, -0.15) is 0 Å². The summed E-state index contributed by atoms with van der Waals surface area (Å²) in [7, 11) is 0. The highest BCUT2D eigenvalue weighted by molar-refractivity contribution is 6.35. The average molecular weight is 268 g/mol. The van der Waals surface area contributed by atoms with Crippen LogP contribution in [0.15, 0.2) is 42.7 Å². The number of hydrogen-bond acceptors (Lipinski definition) is 2. The summed E-state index contributed by atoms with van der Waals surface area (Å²) in [6, 6.07) is 7.16. The number of carbonyl (C=O) groups is 1. The summed E-state index contributed by atoms with van der Waals surface area (Å²) in [5, 5.41) is -0.207. The third-order valence-corrected chi connectivity index (χ3v) is 2.85. The first-order chi connectivity index (χ1) is 8.61. The van der Waals surface area contributed by atoms with Crippen LogP contribution in [0.1, 0.15) is 27.9 Å². The second-order valence-corrected chi connectivity index (χ2v) is 3.96. The molecule has 1 heterocycles. The van der Waals surface area contributed by atoms with E-state index in [1.165, 1.54) is 30.6 Å². The Morgan fingerprint density at radius 2 is 2.00 bits per heavy atom. The Morgan fingerprint density at radius 1 is 1.22 bits per heavy atom. The largest absolute Gasteiger partial charge is 0.288 e. The molecule has 0 aliphatic carbocycles. The van der Waals surface area contributed by atoms with E-state index in [1.54, 1.807) is 12.1 Å². The molecule has 0 amide bonds. The average Bonchev–Trinajstić information content (AvgIpc) is 2.39. The third kappa shape index (κ3) is 2.38. The molecule has 0 spiro atoms. The van der Waals surface area contributed by atoms with Gasteiger partial charge in [0.1, 0.15) is 0 Å². The van der Waals surface area contributed by atoms with Gasteiger partial charge in [-0.3, -0.25) is 9.78 Å². The van der Waals surface area contributed by atoms with Crippen molar-refractivity contribution in [3.8, 4) is 0 Å². The van der Waals surface area contributed by atoms with Gasteiger partial charge in [0.2, 0.25) is 0 Å². The van der Waals surface area contributed by atoms with Gasteiger partial charge in [0.25, 0.3) is 6.43 Å². The van der Waals surface area contributed by atoms with Crippen LogP contribution >= 0.6 is 11.6 Å². The number of aromatic nitrogens is 1. The van der Waals surface area contributed by atoms with Crippen LogP contribution in [-0.4, -0.2) is 10.8 Å². The van der Waals surface area contributed by atoms with Crippen molar-refractivity contribution >= 4 is 17.4 Å². The zero-order chi connectivity index (χ0) is 13.1. The maximum atomic E-state index is 12.7. The smallest absolute Gasteiger partial charge is 0.265 e. The molecule has 0 saturated heterocycles. The number of alkyl halides is 2. The molecule has 0 aliphatic heterocycles. The molecule has 1 aromatic heterocycles. The molecule has 0 saturated carbocycles. The lowest BCUT2D eigenvalue weighted by molar-refractivity contribution is 0.103. The fourth-order valence-electron chi connectivity index (χ4n) is 1.55. The van der Waals surface area contributed by atoms with Crippen LogP contribution in [0.4, 0.5) is 8.78 Å². The van der Waals surface area contributed by atoms with Crippen molar-refractivity contribution in [3.63, 3.8) is 0 Å². The zero-order valence-corrected chi connectivity index (χ0v) is 9.86. The highest BCUT2D eigenvalue weighted by atomic mass is 35.5. The Balaban J connectivity index is 2.47. The zero-order valence-electron chi connectivity index (χ0n) is 9.11. The van der Waals surface area contributed by atoms with Crippen molar-refractivity contribution in [1.29, 1.82) is 0 Å². The number of pyridine rings is 1. The van der Waals surface area contributed by atoms with Crippen LogP contribution in [0.3, 0.4) is 0 Å². The molecule has 0 aliphatic rings. The van der Waals surface area contributed by atoms with Gasteiger partial charge >= 0.3 is 0 Å². The van der Waals surface area contributed by atoms with Gasteiger partial charge in [-0.15, -0.1) is 0 Å². The monoisotopic (exact) mass is 267 g/mol. The summed E-state index contributed by atoms with van der Waals surface area (Å²) in [6.07, 6.45) is 0.181. The Hall–Kier alpha value is -1.81. The van der Waals surface area contributed by atoms with Gasteiger partial charge < -0.3 is 0 Å². The number of benzene rings is 1. The summed E-state index contributed by atoms with van der Waals surface area (Å²) >= 11 is 5.83. The predicted octanol–water partition coefficient (Wildman–Crippen LogP) is 3.90. The van der Waals surface area contributed by atoms with E-state index < -0.39 is 12.2 Å². The molecule has 92 valence electrons. The van der Waals surface area contributed by atoms with E-state index in [-0.39, 0.29) is 16.1 Å². The second-order valence-electron chi connectivity index (χ2n) is 3.58. The summed E-state index contributed by atoms with van der Waals surface area (Å²) < 4.78 is 25.3. The van der Waals surface area contributed by atoms with Crippen molar-refractivity contribution in [2.45, 2.75) is 6.43 Å². The fourth-order valence-corrected chi connectivity index (χ4v) is 1.84. The molecule has 2 rings (SSSR count). The Morgan fingerprint density at radius 3 is 2.61 bits per heavy atom. The van der Waals surface area contributed by atoms with Crippen molar-refractivity contribution in [1.82, 2.24) is 4.98 Å². The lowest BCUT2D eigenvalue weighted by Gasteiger charge is -2.07. The van der Waals surface area contributed by atoms with E-state index in [4.69, 9.17) is 11.6 Å². The van der Waals surface area contributed by atoms with Crippen LogP contribution in [0.25, 0.3) is 0 Å². The fraction of sp³-hybridized carbons (Fsp3) is 0.0769. The molecule has 5 heteroatoms. The first-order valence-corrected chi connectivity index (χ1v) is 5.50. The van der Waals surface area contributed by atoms with Gasteiger partial charge in [0, 0.05) is 29.1 Å². The van der Waals surface area contributed by atoms with Gasteiger partial charge in [0.05, 0.1) is 5.02 Å². The number of halogens is 3. The standard InChI is InChI=1S/C13H8ClF2NO/c14-11-9(4-1-5-10(11)13(15)16)12(18)8-3-2-6-17-7-8/h1-7,13H. The SMILES string of the molecule is O=C(c1cccnc1)c1cccc(C(F)F)c1Cl. The van der Waals surface area contributed by atoms with Crippen LogP contribution in [0.5, 0.6) is 0 Å². The molecule has 2 aromatic rings. The van der Waals surface area contributed by atoms with E-state index in [2.05, 4.69) is 4.98 Å². The molecule has 1 aromatic carbocycles. The molecule has 0 radical (unpaired) electrons. The minimum absolute atomic E-state index is 0.0578. The number of ketones is 1. The molecule has 2 nitrogen and oxygen atoms in total. The molecule has 0 atom stereocenters. The lowest BCUT2D eigenvalue weighted by Crippen LogP contribution is -2.04. The lowest BCUT2D eigenvalue weighted by atomic mass is 10.0. The van der Waals surface area contributed by atoms with Crippen molar-refractivity contribution < 1.29 is 13.6 Å². The molecule has 0 N–H and O–H groups in total. The number of rotatable bonds is 3. The normalized spacial score (nSPS) is 10.7. The molecule has 0 bridgehead atoms. The summed E-state index contributed by atoms with van der Waals surface area (Å²) in [5.41, 5.74) is 0.0275. The molecular formula is C13H8ClF2NO. The van der Waals surface area contributed by atoms with Crippen molar-refractivity contribution in [3.05, 3.63) is 64.4 Å². The maximum Gasteiger partial charge on any atom is 0.265 e. The Kier molecular flexibility index (Phi) is 3.67. The van der Waals surface area contributed by atoms with Crippen molar-refractivity contribution in [2.75, 3.05) is 0 Å². The van der Waals surface area contributed by atoms with E-state index in [0.29, 0.717) is 5.56 Å². The molecule has 0 fully saturated rings. The quantitative estimate of drug-likeness (QED) is 0.790. The Bertz CT molecular complexity index is 572. The summed E-state index contributed by atoms with van der Waals surface area (Å²) in [5.74, 6) is -0.421. The first-order valence-electron chi connectivity index (χ1n) is 5.12. The van der Waals surface area contributed by atoms with E-state index in [1.807, 2.05) is 0 Å². The van der Waals surface area contributed by atoms with Crippen LogP contribution < -0.4 is 0 Å². The predicted molar refractivity (Wildman–Crippen MR) is 64.1 cm³/mol. The van der Waals surface area contributed by atoms with E-state index in [0.717, 1.165) is 0 Å². The number of carbonyl (C=O) groups excluding carboxylic acids is 1. The van der Waals surface area contributed by atoms with Gasteiger partial charge in [-0.05, 0) is 18.2 Å². The maximum absolute atomic E-state index is 12.7. The topological polar surface area (TPSA) is 30.0 Å². The number of nitrogens with zero attached hydrogens (tertiary/aromatic N) is 1. The van der Waals surface area contributed by atoms with Crippen LogP contribution in [0.2, 0.25) is 5.02 Å². The van der Waals surface area contributed by atoms with Crippen molar-refractivity contribution in [2.24, 2.45) is 0 Å². The first kappa shape index (κ1) is 12.6. The minimum Gasteiger partial charge on any atom is -0.288 e.